The average molecular weight is 218 g/mol. The quantitative estimate of drug-likeness (QED) is 0.778. The van der Waals surface area contributed by atoms with Gasteiger partial charge in [0.25, 0.3) is 0 Å². The highest BCUT2D eigenvalue weighted by Gasteiger charge is 2.26. The molecule has 2 unspecified atom stereocenters. The van der Waals surface area contributed by atoms with Gasteiger partial charge in [-0.15, -0.1) is 0 Å². The molecule has 0 bridgehead atoms. The van der Waals surface area contributed by atoms with Gasteiger partial charge in [-0.3, -0.25) is 0 Å². The van der Waals surface area contributed by atoms with Crippen LogP contribution in [0.2, 0.25) is 0 Å². The van der Waals surface area contributed by atoms with Gasteiger partial charge in [-0.2, -0.15) is 5.26 Å². The summed E-state index contributed by atoms with van der Waals surface area (Å²) < 4.78 is 5.16. The van der Waals surface area contributed by atoms with Crippen LogP contribution in [0, 0.1) is 18.3 Å². The number of aliphatic hydroxyl groups is 1. The highest BCUT2D eigenvalue weighted by molar-refractivity contribution is 5.55. The van der Waals surface area contributed by atoms with E-state index in [0.717, 1.165) is 11.3 Å². The molecule has 16 heavy (non-hydrogen) atoms. The van der Waals surface area contributed by atoms with Crippen LogP contribution in [0.4, 0.5) is 5.69 Å². The number of aryl methyl sites for hydroxylation is 1. The number of hydrogen-bond donors (Lipinski definition) is 2. The van der Waals surface area contributed by atoms with Crippen molar-refractivity contribution in [1.82, 2.24) is 0 Å². The lowest BCUT2D eigenvalue weighted by molar-refractivity contribution is 0.125. The van der Waals surface area contributed by atoms with E-state index in [4.69, 9.17) is 10.00 Å². The maximum absolute atomic E-state index is 9.62. The molecular formula is C12H14N2O2. The number of nitrogens with one attached hydrogen (secondary N) is 1. The second-order valence-corrected chi connectivity index (χ2v) is 4.00. The second kappa shape index (κ2) is 4.52. The number of aliphatic hydroxyl groups excluding tert-OH is 1. The molecule has 1 aliphatic heterocycles. The van der Waals surface area contributed by atoms with Gasteiger partial charge in [0.1, 0.15) is 0 Å². The third-order valence-corrected chi connectivity index (χ3v) is 2.76. The van der Waals surface area contributed by atoms with Gasteiger partial charge < -0.3 is 15.2 Å². The number of nitrogens with zero attached hydrogens (tertiary/aromatic N) is 1. The maximum atomic E-state index is 9.62. The molecule has 1 aromatic carbocycles. The molecule has 0 amide bonds. The molecule has 1 saturated heterocycles. The van der Waals surface area contributed by atoms with Crippen molar-refractivity contribution in [3.05, 3.63) is 29.3 Å². The van der Waals surface area contributed by atoms with E-state index in [1.54, 1.807) is 12.1 Å². The Kier molecular flexibility index (Phi) is 3.09. The molecule has 84 valence electrons. The van der Waals surface area contributed by atoms with Crippen LogP contribution in [-0.2, 0) is 4.74 Å². The van der Waals surface area contributed by atoms with E-state index >= 15 is 0 Å². The highest BCUT2D eigenvalue weighted by atomic mass is 16.5. The van der Waals surface area contributed by atoms with Crippen LogP contribution in [0.15, 0.2) is 18.2 Å². The van der Waals surface area contributed by atoms with Gasteiger partial charge in [0.2, 0.25) is 0 Å². The van der Waals surface area contributed by atoms with E-state index in [9.17, 15) is 5.11 Å². The van der Waals surface area contributed by atoms with Crippen LogP contribution >= 0.6 is 0 Å². The number of nitriles is 1. The van der Waals surface area contributed by atoms with Crippen LogP contribution in [0.5, 0.6) is 0 Å². The Labute approximate surface area is 94.5 Å². The molecule has 2 rings (SSSR count). The van der Waals surface area contributed by atoms with E-state index in [2.05, 4.69) is 11.4 Å². The molecule has 0 saturated carbocycles. The normalized spacial score (nSPS) is 24.1. The molecule has 0 radical (unpaired) electrons. The summed E-state index contributed by atoms with van der Waals surface area (Å²) in [6.45, 7) is 2.83. The van der Waals surface area contributed by atoms with Crippen LogP contribution in [0.25, 0.3) is 0 Å². The van der Waals surface area contributed by atoms with E-state index in [1.807, 2.05) is 13.0 Å². The van der Waals surface area contributed by atoms with Crippen LogP contribution in [0.3, 0.4) is 0 Å². The van der Waals surface area contributed by atoms with Crippen LogP contribution in [-0.4, -0.2) is 30.5 Å². The van der Waals surface area contributed by atoms with Crippen LogP contribution < -0.4 is 5.32 Å². The van der Waals surface area contributed by atoms with Gasteiger partial charge in [0, 0.05) is 5.69 Å². The zero-order chi connectivity index (χ0) is 11.5. The number of hydrogen-bond acceptors (Lipinski definition) is 4. The van der Waals surface area contributed by atoms with Gasteiger partial charge in [0.05, 0.1) is 37.0 Å². The minimum absolute atomic E-state index is 0.0901. The fourth-order valence-electron chi connectivity index (χ4n) is 1.73. The van der Waals surface area contributed by atoms with Gasteiger partial charge >= 0.3 is 0 Å². The smallest absolute Gasteiger partial charge is 0.0996 e. The van der Waals surface area contributed by atoms with Gasteiger partial charge in [0.15, 0.2) is 0 Å². The molecule has 0 spiro atoms. The monoisotopic (exact) mass is 218 g/mol. The largest absolute Gasteiger partial charge is 0.388 e. The van der Waals surface area contributed by atoms with E-state index in [-0.39, 0.29) is 6.04 Å². The molecule has 1 heterocycles. The molecule has 1 aliphatic rings. The van der Waals surface area contributed by atoms with Gasteiger partial charge in [-0.1, -0.05) is 6.07 Å². The van der Waals surface area contributed by atoms with E-state index in [0.29, 0.717) is 18.8 Å². The van der Waals surface area contributed by atoms with Crippen molar-refractivity contribution in [3.63, 3.8) is 0 Å². The fraction of sp³-hybridized carbons (Fsp3) is 0.417. The summed E-state index contributed by atoms with van der Waals surface area (Å²) in [7, 11) is 0. The summed E-state index contributed by atoms with van der Waals surface area (Å²) in [6.07, 6.45) is -0.481. The molecular weight excluding hydrogens is 204 g/mol. The van der Waals surface area contributed by atoms with Crippen molar-refractivity contribution >= 4 is 5.69 Å². The van der Waals surface area contributed by atoms with Gasteiger partial charge in [-0.05, 0) is 24.6 Å². The Morgan fingerprint density at radius 2 is 2.31 bits per heavy atom. The molecule has 2 N–H and O–H groups in total. The molecule has 1 fully saturated rings. The Bertz CT molecular complexity index is 426. The highest BCUT2D eigenvalue weighted by Crippen LogP contribution is 2.20. The molecule has 2 atom stereocenters. The Hall–Kier alpha value is -1.57. The third kappa shape index (κ3) is 2.16. The minimum Gasteiger partial charge on any atom is -0.388 e. The van der Waals surface area contributed by atoms with Crippen molar-refractivity contribution < 1.29 is 9.84 Å². The summed E-state index contributed by atoms with van der Waals surface area (Å²) in [5, 5.41) is 21.6. The number of benzene rings is 1. The fourth-order valence-corrected chi connectivity index (χ4v) is 1.73. The number of anilines is 1. The lowest BCUT2D eigenvalue weighted by Gasteiger charge is -2.17. The SMILES string of the molecule is Cc1ccc(C#N)cc1NC1COCC1O. The van der Waals surface area contributed by atoms with E-state index in [1.165, 1.54) is 0 Å². The van der Waals surface area contributed by atoms with Crippen molar-refractivity contribution in [1.29, 1.82) is 5.26 Å². The standard InChI is InChI=1S/C12H14N2O2/c1-8-2-3-9(5-13)4-10(8)14-11-6-16-7-12(11)15/h2-4,11-12,14-15H,6-7H2,1H3. The van der Waals surface area contributed by atoms with Crippen molar-refractivity contribution in [2.45, 2.75) is 19.1 Å². The zero-order valence-corrected chi connectivity index (χ0v) is 9.10. The summed E-state index contributed by atoms with van der Waals surface area (Å²) in [5.41, 5.74) is 2.55. The first-order valence-corrected chi connectivity index (χ1v) is 5.24. The molecule has 0 aliphatic carbocycles. The molecule has 1 aromatic rings. The maximum Gasteiger partial charge on any atom is 0.0996 e. The minimum atomic E-state index is -0.481. The van der Waals surface area contributed by atoms with Crippen molar-refractivity contribution in [3.8, 4) is 6.07 Å². The third-order valence-electron chi connectivity index (χ3n) is 2.76. The van der Waals surface area contributed by atoms with E-state index < -0.39 is 6.10 Å². The van der Waals surface area contributed by atoms with Crippen molar-refractivity contribution in [2.24, 2.45) is 0 Å². The summed E-state index contributed by atoms with van der Waals surface area (Å²) in [4.78, 5) is 0. The Morgan fingerprint density at radius 1 is 1.50 bits per heavy atom. The molecule has 0 aromatic heterocycles. The number of rotatable bonds is 2. The Morgan fingerprint density at radius 3 is 2.94 bits per heavy atom. The van der Waals surface area contributed by atoms with Crippen molar-refractivity contribution in [2.75, 3.05) is 18.5 Å². The van der Waals surface area contributed by atoms with Crippen LogP contribution in [0.1, 0.15) is 11.1 Å². The Balaban J connectivity index is 2.17. The summed E-state index contributed by atoms with van der Waals surface area (Å²) in [6, 6.07) is 7.47. The first-order valence-electron chi connectivity index (χ1n) is 5.24. The lowest BCUT2D eigenvalue weighted by atomic mass is 10.1. The zero-order valence-electron chi connectivity index (χ0n) is 9.10. The predicted octanol–water partition coefficient (Wildman–Crippen LogP) is 1.04. The topological polar surface area (TPSA) is 65.3 Å². The summed E-state index contributed by atoms with van der Waals surface area (Å²) in [5.74, 6) is 0. The second-order valence-electron chi connectivity index (χ2n) is 4.00. The predicted molar refractivity (Wildman–Crippen MR) is 60.1 cm³/mol. The average Bonchev–Trinajstić information content (AvgIpc) is 2.68. The lowest BCUT2D eigenvalue weighted by Crippen LogP contribution is -2.32. The molecule has 4 nitrogen and oxygen atoms in total. The first-order chi connectivity index (χ1) is 7.70. The number of ether oxygens (including phenoxy) is 1. The molecule has 4 heteroatoms. The summed E-state index contributed by atoms with van der Waals surface area (Å²) >= 11 is 0. The first kappa shape index (κ1) is 10.9. The van der Waals surface area contributed by atoms with Gasteiger partial charge in [-0.25, -0.2) is 0 Å².